The number of hydrogen-bond acceptors (Lipinski definition) is 5. The maximum absolute atomic E-state index is 12.5. The van der Waals surface area contributed by atoms with Crippen LogP contribution in [0.1, 0.15) is 45.0 Å². The monoisotopic (exact) mass is 345 g/mol. The van der Waals surface area contributed by atoms with Crippen LogP contribution in [0.2, 0.25) is 0 Å². The van der Waals surface area contributed by atoms with Crippen molar-refractivity contribution >= 4 is 33.1 Å². The Morgan fingerprint density at radius 1 is 1.23 bits per heavy atom. The van der Waals surface area contributed by atoms with Crippen LogP contribution < -0.4 is 0 Å². The van der Waals surface area contributed by atoms with Gasteiger partial charge in [0.15, 0.2) is 9.84 Å². The van der Waals surface area contributed by atoms with Gasteiger partial charge in [-0.05, 0) is 25.0 Å². The number of aromatic carboxylic acids is 1. The van der Waals surface area contributed by atoms with Crippen LogP contribution in [0.4, 0.5) is 0 Å². The number of carboxylic acid groups (broad SMARTS) is 1. The van der Waals surface area contributed by atoms with Crippen molar-refractivity contribution in [3.05, 3.63) is 21.9 Å². The smallest absolute Gasteiger partial charge is 0.345 e. The fraction of sp³-hybridized carbons (Fsp3) is 0.571. The lowest BCUT2D eigenvalue weighted by atomic mass is 9.93. The van der Waals surface area contributed by atoms with E-state index in [4.69, 9.17) is 5.11 Å². The second-order valence-corrected chi connectivity index (χ2v) is 8.95. The second-order valence-electron chi connectivity index (χ2n) is 5.60. The summed E-state index contributed by atoms with van der Waals surface area (Å²) in [7, 11) is -1.63. The number of rotatable bonds is 4. The molecule has 1 aromatic rings. The number of carbonyl (C=O) groups excluding carboxylic acids is 1. The van der Waals surface area contributed by atoms with Crippen LogP contribution in [0.3, 0.4) is 0 Å². The number of nitrogens with zero attached hydrogens (tertiary/aromatic N) is 1. The minimum atomic E-state index is -3.23. The Morgan fingerprint density at radius 2 is 1.82 bits per heavy atom. The molecule has 122 valence electrons. The van der Waals surface area contributed by atoms with E-state index >= 15 is 0 Å². The van der Waals surface area contributed by atoms with E-state index in [-0.39, 0.29) is 16.8 Å². The molecule has 0 aliphatic heterocycles. The molecule has 0 radical (unpaired) electrons. The summed E-state index contributed by atoms with van der Waals surface area (Å²) in [6, 6.07) is 2.51. The molecular formula is C14H19NO5S2. The van der Waals surface area contributed by atoms with E-state index in [1.165, 1.54) is 23.3 Å². The molecule has 0 saturated heterocycles. The van der Waals surface area contributed by atoms with Crippen LogP contribution in [0.15, 0.2) is 12.1 Å². The number of carbonyl (C=O) groups is 2. The molecule has 0 bridgehead atoms. The molecule has 1 aliphatic carbocycles. The number of amides is 1. The Bertz CT molecular complexity index is 679. The normalized spacial score (nSPS) is 22.3. The van der Waals surface area contributed by atoms with Crippen molar-refractivity contribution in [2.24, 2.45) is 0 Å². The second kappa shape index (κ2) is 6.37. The summed E-state index contributed by atoms with van der Waals surface area (Å²) in [5, 5.41) is 8.38. The topological polar surface area (TPSA) is 91.8 Å². The minimum absolute atomic E-state index is 0.0973. The Balaban J connectivity index is 2.22. The molecule has 1 amide bonds. The highest BCUT2D eigenvalue weighted by molar-refractivity contribution is 7.91. The lowest BCUT2D eigenvalue weighted by Crippen LogP contribution is -2.49. The summed E-state index contributed by atoms with van der Waals surface area (Å²) in [6.45, 7) is 0. The van der Waals surface area contributed by atoms with Crippen LogP contribution in [-0.2, 0) is 9.84 Å². The minimum Gasteiger partial charge on any atom is -0.477 e. The molecule has 0 aromatic carbocycles. The Morgan fingerprint density at radius 3 is 2.36 bits per heavy atom. The molecule has 6 nitrogen and oxygen atoms in total. The summed E-state index contributed by atoms with van der Waals surface area (Å²) in [6.07, 6.45) is 4.16. The molecule has 2 atom stereocenters. The van der Waals surface area contributed by atoms with Gasteiger partial charge in [0.1, 0.15) is 4.88 Å². The van der Waals surface area contributed by atoms with Crippen molar-refractivity contribution in [2.45, 2.75) is 37.0 Å². The van der Waals surface area contributed by atoms with Gasteiger partial charge < -0.3 is 10.0 Å². The Kier molecular flexibility index (Phi) is 4.91. The zero-order valence-corrected chi connectivity index (χ0v) is 14.1. The number of thiophene rings is 1. The summed E-state index contributed by atoms with van der Waals surface area (Å²) < 4.78 is 23.9. The maximum atomic E-state index is 12.5. The van der Waals surface area contributed by atoms with Crippen molar-refractivity contribution in [1.29, 1.82) is 0 Å². The summed E-state index contributed by atoms with van der Waals surface area (Å²) >= 11 is 0.910. The van der Waals surface area contributed by atoms with Gasteiger partial charge in [-0.15, -0.1) is 11.3 Å². The zero-order valence-electron chi connectivity index (χ0n) is 12.5. The first-order chi connectivity index (χ1) is 10.2. The number of sulfone groups is 1. The van der Waals surface area contributed by atoms with Crippen molar-refractivity contribution in [3.8, 4) is 0 Å². The van der Waals surface area contributed by atoms with Gasteiger partial charge in [-0.1, -0.05) is 12.8 Å². The van der Waals surface area contributed by atoms with E-state index < -0.39 is 21.1 Å². The first-order valence-corrected chi connectivity index (χ1v) is 9.78. The van der Waals surface area contributed by atoms with E-state index in [0.717, 1.165) is 24.2 Å². The van der Waals surface area contributed by atoms with Gasteiger partial charge in [-0.25, -0.2) is 13.2 Å². The SMILES string of the molecule is CN(C(=O)c1ccc(C(=O)O)s1)C1CCCCC1S(C)(=O)=O. The van der Waals surface area contributed by atoms with Crippen LogP contribution in [0.5, 0.6) is 0 Å². The van der Waals surface area contributed by atoms with Crippen LogP contribution in [0.25, 0.3) is 0 Å². The molecule has 1 N–H and O–H groups in total. The largest absolute Gasteiger partial charge is 0.477 e. The zero-order chi connectivity index (χ0) is 16.5. The van der Waals surface area contributed by atoms with Crippen molar-refractivity contribution in [1.82, 2.24) is 4.90 Å². The lowest BCUT2D eigenvalue weighted by molar-refractivity contribution is 0.0696. The third-order valence-electron chi connectivity index (χ3n) is 4.06. The first kappa shape index (κ1) is 17.0. The fourth-order valence-electron chi connectivity index (χ4n) is 2.91. The average molecular weight is 345 g/mol. The van der Waals surface area contributed by atoms with E-state index in [0.29, 0.717) is 17.7 Å². The molecule has 8 heteroatoms. The fourth-order valence-corrected chi connectivity index (χ4v) is 5.22. The Labute approximate surface area is 133 Å². The van der Waals surface area contributed by atoms with Gasteiger partial charge in [-0.2, -0.15) is 0 Å². The third kappa shape index (κ3) is 3.49. The highest BCUT2D eigenvalue weighted by atomic mass is 32.2. The Hall–Kier alpha value is -1.41. The molecule has 0 spiro atoms. The predicted octanol–water partition coefficient (Wildman–Crippen LogP) is 1.87. The molecular weight excluding hydrogens is 326 g/mol. The van der Waals surface area contributed by atoms with Crippen LogP contribution >= 0.6 is 11.3 Å². The molecule has 1 saturated carbocycles. The van der Waals surface area contributed by atoms with Gasteiger partial charge >= 0.3 is 5.97 Å². The van der Waals surface area contributed by atoms with E-state index in [2.05, 4.69) is 0 Å². The lowest BCUT2D eigenvalue weighted by Gasteiger charge is -2.36. The van der Waals surface area contributed by atoms with Gasteiger partial charge in [0.05, 0.1) is 10.1 Å². The van der Waals surface area contributed by atoms with Gasteiger partial charge in [0.25, 0.3) is 5.91 Å². The molecule has 2 unspecified atom stereocenters. The van der Waals surface area contributed by atoms with Crippen molar-refractivity contribution < 1.29 is 23.1 Å². The summed E-state index contributed by atoms with van der Waals surface area (Å²) in [4.78, 5) is 25.3. The van der Waals surface area contributed by atoms with Gasteiger partial charge in [0.2, 0.25) is 0 Å². The molecule has 1 fully saturated rings. The molecule has 22 heavy (non-hydrogen) atoms. The number of carboxylic acids is 1. The molecule has 1 heterocycles. The van der Waals surface area contributed by atoms with Crippen molar-refractivity contribution in [3.63, 3.8) is 0 Å². The standard InChI is InChI=1S/C14H19NO5S2/c1-15(9-5-3-4-6-12(9)22(2,19)20)13(16)10-7-8-11(21-10)14(17)18/h7-9,12H,3-6H2,1-2H3,(H,17,18). The molecule has 1 aromatic heterocycles. The van der Waals surface area contributed by atoms with E-state index in [1.54, 1.807) is 7.05 Å². The molecule has 1 aliphatic rings. The van der Waals surface area contributed by atoms with E-state index in [9.17, 15) is 18.0 Å². The summed E-state index contributed by atoms with van der Waals surface area (Å²) in [5.41, 5.74) is 0. The third-order valence-corrected chi connectivity index (χ3v) is 6.77. The predicted molar refractivity (Wildman–Crippen MR) is 84.3 cm³/mol. The van der Waals surface area contributed by atoms with Crippen LogP contribution in [-0.4, -0.2) is 54.9 Å². The first-order valence-electron chi connectivity index (χ1n) is 7.01. The highest BCUT2D eigenvalue weighted by Gasteiger charge is 2.37. The van der Waals surface area contributed by atoms with Gasteiger partial charge in [0, 0.05) is 19.3 Å². The van der Waals surface area contributed by atoms with Crippen molar-refractivity contribution in [2.75, 3.05) is 13.3 Å². The highest BCUT2D eigenvalue weighted by Crippen LogP contribution is 2.29. The van der Waals surface area contributed by atoms with Crippen LogP contribution in [0, 0.1) is 0 Å². The number of hydrogen-bond donors (Lipinski definition) is 1. The maximum Gasteiger partial charge on any atom is 0.345 e. The molecule has 2 rings (SSSR count). The average Bonchev–Trinajstić information content (AvgIpc) is 2.95. The van der Waals surface area contributed by atoms with E-state index in [1.807, 2.05) is 0 Å². The summed E-state index contributed by atoms with van der Waals surface area (Å²) in [5.74, 6) is -1.39. The van der Waals surface area contributed by atoms with Gasteiger partial charge in [-0.3, -0.25) is 4.79 Å². The quantitative estimate of drug-likeness (QED) is 0.899.